The molecule has 0 fully saturated rings. The number of amides is 1. The fraction of sp³-hybridized carbons (Fsp3) is 0.774. The van der Waals surface area contributed by atoms with Gasteiger partial charge in [-0.05, 0) is 64.2 Å². The van der Waals surface area contributed by atoms with Crippen molar-refractivity contribution >= 4 is 11.9 Å². The molecule has 3 unspecified atom stereocenters. The van der Waals surface area contributed by atoms with E-state index < -0.39 is 18.2 Å². The van der Waals surface area contributed by atoms with Crippen molar-refractivity contribution in [2.45, 2.75) is 257 Å². The summed E-state index contributed by atoms with van der Waals surface area (Å²) in [4.78, 5) is 26.0. The topological polar surface area (TPSA) is 95.9 Å². The van der Waals surface area contributed by atoms with Crippen LogP contribution in [0.5, 0.6) is 0 Å². The van der Waals surface area contributed by atoms with Gasteiger partial charge in [-0.25, -0.2) is 0 Å². The van der Waals surface area contributed by atoms with Crippen LogP contribution < -0.4 is 5.32 Å². The Hall–Kier alpha value is -2.44. The van der Waals surface area contributed by atoms with Gasteiger partial charge in [-0.2, -0.15) is 0 Å². The number of hydrogen-bond donors (Lipinski definition) is 3. The summed E-state index contributed by atoms with van der Waals surface area (Å²) in [5, 5.41) is 23.7. The van der Waals surface area contributed by atoms with E-state index in [0.717, 1.165) is 77.0 Å². The number of unbranched alkanes of at least 4 members (excludes halogenated alkanes) is 22. The molecule has 0 aromatic rings. The third-order valence-electron chi connectivity index (χ3n) is 11.1. The largest absolute Gasteiger partial charge is 0.462 e. The van der Waals surface area contributed by atoms with E-state index in [-0.39, 0.29) is 24.9 Å². The number of carbonyl (C=O) groups excluding carboxylic acids is 2. The molecule has 0 heterocycles. The summed E-state index contributed by atoms with van der Waals surface area (Å²) < 4.78 is 5.89. The lowest BCUT2D eigenvalue weighted by Crippen LogP contribution is -2.46. The van der Waals surface area contributed by atoms with E-state index >= 15 is 0 Å². The van der Waals surface area contributed by atoms with Crippen molar-refractivity contribution in [3.05, 3.63) is 60.8 Å². The molecule has 0 spiro atoms. The average molecular weight is 826 g/mol. The Balaban J connectivity index is 4.60. The SMILES string of the molecule is CC/C=C\C/C=C\C/C=C\C/C=C\C/C=C\CCCC(=O)OC(CCCCCCCCCCCC)CC(=O)NC(CO)C(O)CCCCCCCCCCCCCCC. The van der Waals surface area contributed by atoms with Crippen molar-refractivity contribution in [2.75, 3.05) is 6.61 Å². The second-order valence-corrected chi connectivity index (χ2v) is 16.8. The number of esters is 1. The number of ether oxygens (including phenoxy) is 1. The van der Waals surface area contributed by atoms with Crippen LogP contribution in [0.1, 0.15) is 239 Å². The summed E-state index contributed by atoms with van der Waals surface area (Å²) in [6.07, 6.45) is 57.1. The standard InChI is InChI=1S/C53H95NO5/c1-4-7-10-13-16-19-22-24-25-26-27-29-31-34-37-40-43-46-53(58)59-49(44-41-38-35-32-21-18-15-12-9-6-3)47-52(57)54-50(48-55)51(56)45-42-39-36-33-30-28-23-20-17-14-11-8-5-2/h7,10,16,19,24-25,27,29,34,37,49-51,55-56H,4-6,8-9,11-15,17-18,20-23,26,28,30-33,35-36,38-48H2,1-3H3,(H,54,57)/b10-7-,19-16-,25-24-,29-27-,37-34-. The molecule has 0 aliphatic carbocycles. The highest BCUT2D eigenvalue weighted by Crippen LogP contribution is 2.17. The highest BCUT2D eigenvalue weighted by atomic mass is 16.5. The minimum atomic E-state index is -0.796. The molecule has 342 valence electrons. The molecule has 59 heavy (non-hydrogen) atoms. The van der Waals surface area contributed by atoms with Crippen molar-refractivity contribution < 1.29 is 24.5 Å². The number of rotatable bonds is 44. The number of nitrogens with one attached hydrogen (secondary N) is 1. The maximum atomic E-state index is 13.2. The molecule has 0 aliphatic heterocycles. The molecule has 0 saturated carbocycles. The Morgan fingerprint density at radius 2 is 0.898 bits per heavy atom. The predicted molar refractivity (Wildman–Crippen MR) is 255 cm³/mol. The Bertz CT molecular complexity index is 1060. The lowest BCUT2D eigenvalue weighted by molar-refractivity contribution is -0.151. The number of allylic oxidation sites excluding steroid dienone is 10. The van der Waals surface area contributed by atoms with Gasteiger partial charge >= 0.3 is 5.97 Å². The van der Waals surface area contributed by atoms with Gasteiger partial charge in [-0.15, -0.1) is 0 Å². The molecule has 6 nitrogen and oxygen atoms in total. The molecule has 0 aromatic carbocycles. The van der Waals surface area contributed by atoms with Gasteiger partial charge < -0.3 is 20.3 Å². The van der Waals surface area contributed by atoms with E-state index in [2.05, 4.69) is 86.8 Å². The smallest absolute Gasteiger partial charge is 0.306 e. The van der Waals surface area contributed by atoms with Gasteiger partial charge in [-0.1, -0.05) is 223 Å². The first kappa shape index (κ1) is 56.6. The molecule has 0 radical (unpaired) electrons. The Morgan fingerprint density at radius 1 is 0.508 bits per heavy atom. The number of hydrogen-bond acceptors (Lipinski definition) is 5. The molecule has 3 atom stereocenters. The lowest BCUT2D eigenvalue weighted by atomic mass is 10.0. The molecule has 6 heteroatoms. The fourth-order valence-corrected chi connectivity index (χ4v) is 7.35. The van der Waals surface area contributed by atoms with Crippen LogP contribution >= 0.6 is 0 Å². The first-order chi connectivity index (χ1) is 29.0. The van der Waals surface area contributed by atoms with E-state index in [4.69, 9.17) is 4.74 Å². The van der Waals surface area contributed by atoms with Crippen LogP contribution in [0.4, 0.5) is 0 Å². The summed E-state index contributed by atoms with van der Waals surface area (Å²) in [6.45, 7) is 6.34. The van der Waals surface area contributed by atoms with Crippen LogP contribution in [0.2, 0.25) is 0 Å². The predicted octanol–water partition coefficient (Wildman–Crippen LogP) is 14.8. The van der Waals surface area contributed by atoms with E-state index in [9.17, 15) is 19.8 Å². The van der Waals surface area contributed by atoms with Crippen LogP contribution in [0.25, 0.3) is 0 Å². The van der Waals surface area contributed by atoms with E-state index in [1.807, 2.05) is 0 Å². The third-order valence-corrected chi connectivity index (χ3v) is 11.1. The summed E-state index contributed by atoms with van der Waals surface area (Å²) >= 11 is 0. The van der Waals surface area contributed by atoms with Crippen LogP contribution in [-0.4, -0.2) is 46.9 Å². The Kier molecular flexibility index (Phi) is 44.7. The minimum Gasteiger partial charge on any atom is -0.462 e. The highest BCUT2D eigenvalue weighted by Gasteiger charge is 2.24. The molecular weight excluding hydrogens is 731 g/mol. The van der Waals surface area contributed by atoms with Crippen LogP contribution in [0, 0.1) is 0 Å². The quantitative estimate of drug-likeness (QED) is 0.0323. The summed E-state index contributed by atoms with van der Waals surface area (Å²) in [6, 6.07) is -0.711. The van der Waals surface area contributed by atoms with Gasteiger partial charge in [0.2, 0.25) is 5.91 Å². The molecule has 1 amide bonds. The van der Waals surface area contributed by atoms with Gasteiger partial charge in [0.25, 0.3) is 0 Å². The molecular formula is C53H95NO5. The summed E-state index contributed by atoms with van der Waals surface area (Å²) in [7, 11) is 0. The first-order valence-corrected chi connectivity index (χ1v) is 25.0. The molecule has 0 aromatic heterocycles. The normalized spacial score (nSPS) is 13.8. The van der Waals surface area contributed by atoms with Gasteiger partial charge in [0.1, 0.15) is 6.10 Å². The fourth-order valence-electron chi connectivity index (χ4n) is 7.35. The Labute approximate surface area is 365 Å². The van der Waals surface area contributed by atoms with Crippen LogP contribution in [0.15, 0.2) is 60.8 Å². The number of carbonyl (C=O) groups is 2. The molecule has 0 saturated heterocycles. The Morgan fingerprint density at radius 3 is 1.32 bits per heavy atom. The highest BCUT2D eigenvalue weighted by molar-refractivity contribution is 5.77. The van der Waals surface area contributed by atoms with Crippen molar-refractivity contribution in [3.8, 4) is 0 Å². The van der Waals surface area contributed by atoms with Crippen molar-refractivity contribution in [2.24, 2.45) is 0 Å². The zero-order chi connectivity index (χ0) is 43.1. The van der Waals surface area contributed by atoms with Gasteiger partial charge in [0, 0.05) is 6.42 Å². The molecule has 3 N–H and O–H groups in total. The van der Waals surface area contributed by atoms with Crippen LogP contribution in [-0.2, 0) is 14.3 Å². The van der Waals surface area contributed by atoms with Gasteiger partial charge in [0.05, 0.1) is 25.2 Å². The lowest BCUT2D eigenvalue weighted by Gasteiger charge is -2.24. The van der Waals surface area contributed by atoms with Crippen molar-refractivity contribution in [3.63, 3.8) is 0 Å². The van der Waals surface area contributed by atoms with Gasteiger partial charge in [0.15, 0.2) is 0 Å². The summed E-state index contributed by atoms with van der Waals surface area (Å²) in [5.74, 6) is -0.541. The maximum Gasteiger partial charge on any atom is 0.306 e. The third kappa shape index (κ3) is 42.1. The van der Waals surface area contributed by atoms with E-state index in [0.29, 0.717) is 25.7 Å². The average Bonchev–Trinajstić information content (AvgIpc) is 3.23. The second-order valence-electron chi connectivity index (χ2n) is 16.8. The zero-order valence-electron chi connectivity index (χ0n) is 38.9. The molecule has 0 aliphatic rings. The second kappa shape index (κ2) is 46.6. The first-order valence-electron chi connectivity index (χ1n) is 25.0. The minimum absolute atomic E-state index is 0.0555. The van der Waals surface area contributed by atoms with E-state index in [1.54, 1.807) is 0 Å². The molecule has 0 bridgehead atoms. The maximum absolute atomic E-state index is 13.2. The summed E-state index contributed by atoms with van der Waals surface area (Å²) in [5.41, 5.74) is 0. The number of aliphatic hydroxyl groups is 2. The van der Waals surface area contributed by atoms with Crippen LogP contribution in [0.3, 0.4) is 0 Å². The molecule has 0 rings (SSSR count). The van der Waals surface area contributed by atoms with Crippen molar-refractivity contribution in [1.29, 1.82) is 0 Å². The van der Waals surface area contributed by atoms with E-state index in [1.165, 1.54) is 109 Å². The number of aliphatic hydroxyl groups excluding tert-OH is 2. The monoisotopic (exact) mass is 826 g/mol. The zero-order valence-corrected chi connectivity index (χ0v) is 38.9. The van der Waals surface area contributed by atoms with Crippen molar-refractivity contribution in [1.82, 2.24) is 5.32 Å². The van der Waals surface area contributed by atoms with Gasteiger partial charge in [-0.3, -0.25) is 9.59 Å².